The first-order valence-electron chi connectivity index (χ1n) is 3.66. The van der Waals surface area contributed by atoms with Gasteiger partial charge in [0.05, 0.1) is 0 Å². The molecule has 1 rings (SSSR count). The molecule has 0 aromatic carbocycles. The Morgan fingerprint density at radius 2 is 2.21 bits per heavy atom. The third kappa shape index (κ3) is 7.66. The summed E-state index contributed by atoms with van der Waals surface area (Å²) in [5.41, 5.74) is 0. The van der Waals surface area contributed by atoms with Gasteiger partial charge < -0.3 is 0 Å². The van der Waals surface area contributed by atoms with Crippen LogP contribution in [0.3, 0.4) is 0 Å². The number of thiophene rings is 1. The zero-order chi connectivity index (χ0) is 9.73. The van der Waals surface area contributed by atoms with Crippen molar-refractivity contribution in [2.45, 2.75) is 10.9 Å². The zero-order valence-corrected chi connectivity index (χ0v) is 13.8. The Bertz CT molecular complexity index is 336. The van der Waals surface area contributed by atoms with E-state index in [-0.39, 0.29) is 56.2 Å². The molecule has 0 unspecified atom stereocenters. The number of rotatable bonds is 5. The molecule has 1 heterocycles. The van der Waals surface area contributed by atoms with Crippen LogP contribution in [-0.2, 0) is 10.1 Å². The average Bonchev–Trinajstić information content (AvgIpc) is 2.48. The fourth-order valence-corrected chi connectivity index (χ4v) is 5.71. The first kappa shape index (κ1) is 15.4. The summed E-state index contributed by atoms with van der Waals surface area (Å²) in [5.74, 6) is -0.206. The van der Waals surface area contributed by atoms with Crippen LogP contribution >= 0.6 is 11.3 Å². The molecule has 0 fully saturated rings. The predicted molar refractivity (Wildman–Crippen MR) is 53.7 cm³/mol. The van der Waals surface area contributed by atoms with E-state index in [0.717, 1.165) is 4.47 Å². The molecule has 0 N–H and O–H groups in total. The summed E-state index contributed by atoms with van der Waals surface area (Å²) in [6.45, 7) is 0. The minimum atomic E-state index is -3.99. The monoisotopic (exact) mass is 358 g/mol. The summed E-state index contributed by atoms with van der Waals surface area (Å²) >= 11 is 1.40. The van der Waals surface area contributed by atoms with Crippen molar-refractivity contribution in [3.05, 3.63) is 16.8 Å². The first-order valence-corrected chi connectivity index (χ1v) is 9.00. The topological polar surface area (TPSA) is 57.2 Å². The molecule has 0 aliphatic rings. The second-order valence-electron chi connectivity index (χ2n) is 2.42. The molecule has 0 saturated heterocycles. The van der Waals surface area contributed by atoms with Gasteiger partial charge in [0, 0.05) is 0 Å². The molecule has 0 radical (unpaired) electrons. The van der Waals surface area contributed by atoms with Crippen molar-refractivity contribution < 1.29 is 42.5 Å². The molecule has 1 aromatic heterocycles. The van der Waals surface area contributed by atoms with Gasteiger partial charge in [0.2, 0.25) is 0 Å². The quantitative estimate of drug-likeness (QED) is 0.331. The van der Waals surface area contributed by atoms with E-state index in [1.165, 1.54) is 3.61 Å². The van der Waals surface area contributed by atoms with E-state index in [1.54, 1.807) is 11.3 Å². The molecule has 74 valence electrons. The van der Waals surface area contributed by atoms with Crippen molar-refractivity contribution in [3.63, 3.8) is 0 Å². The van der Waals surface area contributed by atoms with Crippen LogP contribution in [0.2, 0.25) is 4.47 Å². The van der Waals surface area contributed by atoms with Gasteiger partial charge in [-0.15, -0.1) is 0 Å². The van der Waals surface area contributed by atoms with Gasteiger partial charge in [-0.3, -0.25) is 0 Å². The summed E-state index contributed by atoms with van der Waals surface area (Å²) in [6, 6.07) is 2.07. The number of hydrogen-bond donors (Lipinski definition) is 0. The van der Waals surface area contributed by atoms with E-state index < -0.39 is 10.1 Å². The Balaban J connectivity index is 0.00000169. The van der Waals surface area contributed by atoms with Crippen LogP contribution in [0.5, 0.6) is 0 Å². The van der Waals surface area contributed by atoms with Crippen molar-refractivity contribution >= 4 is 46.0 Å². The molecule has 0 aliphatic heterocycles. The smallest absolute Gasteiger partial charge is 1.00 e. The average molecular weight is 356 g/mol. The molecule has 14 heavy (non-hydrogen) atoms. The maximum atomic E-state index is 10.3. The molecule has 0 bridgehead atoms. The van der Waals surface area contributed by atoms with E-state index in [9.17, 15) is 13.0 Å². The molecule has 7 heteroatoms. The molecule has 1 aromatic rings. The van der Waals surface area contributed by atoms with Crippen LogP contribution in [0.25, 0.3) is 0 Å². The molecular weight excluding hydrogens is 347 g/mol. The van der Waals surface area contributed by atoms with Crippen molar-refractivity contribution in [1.29, 1.82) is 0 Å². The van der Waals surface area contributed by atoms with E-state index in [0.29, 0.717) is 6.42 Å². The van der Waals surface area contributed by atoms with Crippen LogP contribution in [0, 0.1) is 0 Å². The third-order valence-electron chi connectivity index (χ3n) is 1.30. The van der Waals surface area contributed by atoms with Gasteiger partial charge in [-0.05, 0) is 0 Å². The molecule has 3 nitrogen and oxygen atoms in total. The zero-order valence-electron chi connectivity index (χ0n) is 7.80. The standard InChI is InChI=1S/C7H10O3S2Te.Na/c8-12(9,10)4-1-5-13-7-2-3-11-6-7;/h2-3,6H,1,4-5H2,(H,8,9,10);/q;+1/p-1. The molecule has 0 atom stereocenters. The fourth-order valence-electron chi connectivity index (χ4n) is 0.760. The SMILES string of the molecule is O=S(=O)([O-])CCC[Te]c1ccsc1.[Na+]. The van der Waals surface area contributed by atoms with Crippen LogP contribution in [0.15, 0.2) is 16.8 Å². The van der Waals surface area contributed by atoms with Crippen LogP contribution < -0.4 is 33.2 Å². The summed E-state index contributed by atoms with van der Waals surface area (Å²) in [4.78, 5) is 0. The van der Waals surface area contributed by atoms with Gasteiger partial charge in [-0.2, -0.15) is 0 Å². The molecule has 0 amide bonds. The minimum absolute atomic E-state index is 0. The van der Waals surface area contributed by atoms with E-state index in [2.05, 4.69) is 11.4 Å². The summed E-state index contributed by atoms with van der Waals surface area (Å²) in [7, 11) is -3.99. The summed E-state index contributed by atoms with van der Waals surface area (Å²) in [6.07, 6.45) is 0.518. The Morgan fingerprint density at radius 3 is 2.71 bits per heavy atom. The van der Waals surface area contributed by atoms with Gasteiger partial charge in [-0.25, -0.2) is 0 Å². The van der Waals surface area contributed by atoms with E-state index >= 15 is 0 Å². The van der Waals surface area contributed by atoms with Gasteiger partial charge in [0.25, 0.3) is 0 Å². The first-order chi connectivity index (χ1) is 6.08. The second kappa shape index (κ2) is 7.64. The fraction of sp³-hybridized carbons (Fsp3) is 0.429. The Hall–Kier alpha value is 1.40. The van der Waals surface area contributed by atoms with Gasteiger partial charge >= 0.3 is 122 Å². The van der Waals surface area contributed by atoms with Crippen molar-refractivity contribution in [2.24, 2.45) is 0 Å². The summed E-state index contributed by atoms with van der Waals surface area (Å²) in [5, 5.41) is 4.11. The predicted octanol–water partition coefficient (Wildman–Crippen LogP) is -2.56. The molecular formula is C7H9NaO3S2Te. The molecule has 0 aliphatic carbocycles. The number of hydrogen-bond acceptors (Lipinski definition) is 4. The Kier molecular flexibility index (Phi) is 8.40. The van der Waals surface area contributed by atoms with Gasteiger partial charge in [-0.1, -0.05) is 0 Å². The van der Waals surface area contributed by atoms with Crippen molar-refractivity contribution in [1.82, 2.24) is 0 Å². The minimum Gasteiger partial charge on any atom is 1.00 e. The maximum absolute atomic E-state index is 10.3. The molecule has 0 spiro atoms. The maximum Gasteiger partial charge on any atom is 1.00 e. The Labute approximate surface area is 120 Å². The third-order valence-corrected chi connectivity index (χ3v) is 6.32. The normalized spacial score (nSPS) is 10.9. The summed E-state index contributed by atoms with van der Waals surface area (Å²) < 4.78 is 33.0. The van der Waals surface area contributed by atoms with E-state index in [1.807, 2.05) is 5.38 Å². The Morgan fingerprint density at radius 1 is 1.50 bits per heavy atom. The second-order valence-corrected chi connectivity index (χ2v) is 8.06. The van der Waals surface area contributed by atoms with E-state index in [4.69, 9.17) is 0 Å². The van der Waals surface area contributed by atoms with Crippen LogP contribution in [0.4, 0.5) is 0 Å². The largest absolute Gasteiger partial charge is 1.00 e. The van der Waals surface area contributed by atoms with Crippen molar-refractivity contribution in [2.75, 3.05) is 5.75 Å². The van der Waals surface area contributed by atoms with Crippen molar-refractivity contribution in [3.8, 4) is 0 Å². The van der Waals surface area contributed by atoms with Gasteiger partial charge in [0.15, 0.2) is 0 Å². The van der Waals surface area contributed by atoms with Gasteiger partial charge in [0.1, 0.15) is 0 Å². The van der Waals surface area contributed by atoms with Crippen LogP contribution in [-0.4, -0.2) is 39.6 Å². The van der Waals surface area contributed by atoms with Crippen LogP contribution in [0.1, 0.15) is 6.42 Å². The molecule has 0 saturated carbocycles.